The predicted molar refractivity (Wildman–Crippen MR) is 87.6 cm³/mol. The molecule has 1 saturated carbocycles. The molecule has 0 bridgehead atoms. The molecule has 1 aromatic carbocycles. The van der Waals surface area contributed by atoms with Gasteiger partial charge in [-0.05, 0) is 36.1 Å². The molecule has 21 heavy (non-hydrogen) atoms. The van der Waals surface area contributed by atoms with Gasteiger partial charge in [0.05, 0.1) is 5.02 Å². The first-order chi connectivity index (χ1) is 10.2. The van der Waals surface area contributed by atoms with Gasteiger partial charge >= 0.3 is 0 Å². The fourth-order valence-electron chi connectivity index (χ4n) is 1.95. The van der Waals surface area contributed by atoms with Crippen LogP contribution in [0.4, 0.5) is 0 Å². The average molecular weight is 368 g/mol. The van der Waals surface area contributed by atoms with Gasteiger partial charge < -0.3 is 10.1 Å². The summed E-state index contributed by atoms with van der Waals surface area (Å²) >= 11 is 9.59. The number of hydrogen-bond acceptors (Lipinski definition) is 3. The first-order valence-corrected chi connectivity index (χ1v) is 8.13. The molecule has 2 aromatic rings. The summed E-state index contributed by atoms with van der Waals surface area (Å²) < 4.78 is 6.80. The Morgan fingerprint density at radius 3 is 2.76 bits per heavy atom. The Kier molecular flexibility index (Phi) is 4.78. The minimum atomic E-state index is 0.497. The van der Waals surface area contributed by atoms with Crippen molar-refractivity contribution in [2.75, 3.05) is 0 Å². The number of aromatic nitrogens is 1. The lowest BCUT2D eigenvalue weighted by Gasteiger charge is -2.09. The third-order valence-corrected chi connectivity index (χ3v) is 4.24. The summed E-state index contributed by atoms with van der Waals surface area (Å²) in [5, 5.41) is 4.13. The normalized spacial score (nSPS) is 14.2. The molecule has 1 aliphatic carbocycles. The molecule has 1 aromatic heterocycles. The lowest BCUT2D eigenvalue weighted by molar-refractivity contribution is 0.293. The highest BCUT2D eigenvalue weighted by atomic mass is 79.9. The van der Waals surface area contributed by atoms with Crippen LogP contribution in [0.3, 0.4) is 0 Å². The maximum atomic E-state index is 6.17. The third-order valence-electron chi connectivity index (χ3n) is 3.37. The predicted octanol–water partition coefficient (Wildman–Crippen LogP) is 4.33. The molecule has 1 heterocycles. The van der Waals surface area contributed by atoms with Crippen molar-refractivity contribution in [1.82, 2.24) is 10.3 Å². The molecule has 1 aliphatic rings. The molecule has 1 fully saturated rings. The molecule has 0 spiro atoms. The summed E-state index contributed by atoms with van der Waals surface area (Å²) in [6, 6.07) is 10.6. The number of nitrogens with zero attached hydrogens (tertiary/aromatic N) is 1. The Morgan fingerprint density at radius 2 is 2.05 bits per heavy atom. The van der Waals surface area contributed by atoms with Crippen LogP contribution in [-0.2, 0) is 13.2 Å². The molecule has 1 N–H and O–H groups in total. The van der Waals surface area contributed by atoms with E-state index in [-0.39, 0.29) is 0 Å². The highest BCUT2D eigenvalue weighted by Gasteiger charge is 2.20. The molecule has 3 rings (SSSR count). The molecule has 0 atom stereocenters. The molecular weight excluding hydrogens is 352 g/mol. The second-order valence-corrected chi connectivity index (χ2v) is 6.51. The lowest BCUT2D eigenvalue weighted by Crippen LogP contribution is -2.15. The maximum Gasteiger partial charge on any atom is 0.213 e. The molecule has 0 aliphatic heterocycles. The van der Waals surface area contributed by atoms with Crippen molar-refractivity contribution in [3.63, 3.8) is 0 Å². The van der Waals surface area contributed by atoms with E-state index in [0.717, 1.165) is 22.1 Å². The number of rotatable bonds is 6. The van der Waals surface area contributed by atoms with Crippen molar-refractivity contribution < 1.29 is 4.74 Å². The number of benzene rings is 1. The van der Waals surface area contributed by atoms with E-state index < -0.39 is 0 Å². The smallest absolute Gasteiger partial charge is 0.213 e. The fraction of sp³-hybridized carbons (Fsp3) is 0.312. The van der Waals surface area contributed by atoms with E-state index in [2.05, 4.69) is 26.2 Å². The Hall–Kier alpha value is -1.10. The molecule has 110 valence electrons. The Morgan fingerprint density at radius 1 is 1.29 bits per heavy atom. The number of ether oxygens (including phenoxy) is 1. The fourth-order valence-corrected chi connectivity index (χ4v) is 2.39. The monoisotopic (exact) mass is 366 g/mol. The lowest BCUT2D eigenvalue weighted by atomic mass is 10.2. The van der Waals surface area contributed by atoms with Crippen LogP contribution in [0.1, 0.15) is 24.0 Å². The zero-order chi connectivity index (χ0) is 14.7. The summed E-state index contributed by atoms with van der Waals surface area (Å²) in [4.78, 5) is 4.22. The Labute approximate surface area is 137 Å². The van der Waals surface area contributed by atoms with Crippen molar-refractivity contribution >= 4 is 27.5 Å². The molecule has 0 saturated heterocycles. The van der Waals surface area contributed by atoms with Crippen LogP contribution >= 0.6 is 27.5 Å². The molecular formula is C16H16BrClN2O. The van der Waals surface area contributed by atoms with Crippen LogP contribution in [0.5, 0.6) is 5.88 Å². The van der Waals surface area contributed by atoms with Crippen LogP contribution in [0, 0.1) is 0 Å². The zero-order valence-corrected chi connectivity index (χ0v) is 13.8. The van der Waals surface area contributed by atoms with Crippen LogP contribution < -0.4 is 10.1 Å². The van der Waals surface area contributed by atoms with Crippen LogP contribution in [0.2, 0.25) is 5.02 Å². The third kappa shape index (κ3) is 4.43. The minimum Gasteiger partial charge on any atom is -0.473 e. The number of pyridine rings is 1. The summed E-state index contributed by atoms with van der Waals surface area (Å²) in [6.45, 7) is 1.26. The molecule has 3 nitrogen and oxygen atoms in total. The summed E-state index contributed by atoms with van der Waals surface area (Å²) in [5.41, 5.74) is 2.14. The van der Waals surface area contributed by atoms with Crippen LogP contribution in [0.25, 0.3) is 0 Å². The highest BCUT2D eigenvalue weighted by Crippen LogP contribution is 2.23. The van der Waals surface area contributed by atoms with E-state index in [4.69, 9.17) is 16.3 Å². The van der Waals surface area contributed by atoms with E-state index in [0.29, 0.717) is 23.6 Å². The largest absolute Gasteiger partial charge is 0.473 e. The standard InChI is InChI=1S/C16H16BrClN2O/c17-13-3-1-11(2-4-13)10-21-16-7-12(15(18)9-20-16)8-19-14-5-6-14/h1-4,7,9,14,19H,5-6,8,10H2. The number of nitrogens with one attached hydrogen (secondary N) is 1. The van der Waals surface area contributed by atoms with Crippen molar-refractivity contribution in [3.8, 4) is 5.88 Å². The van der Waals surface area contributed by atoms with Gasteiger partial charge in [0.1, 0.15) is 6.61 Å². The molecule has 0 radical (unpaired) electrons. The van der Waals surface area contributed by atoms with E-state index in [9.17, 15) is 0 Å². The first-order valence-electron chi connectivity index (χ1n) is 6.96. The molecule has 0 amide bonds. The topological polar surface area (TPSA) is 34.1 Å². The van der Waals surface area contributed by atoms with Gasteiger partial charge in [0.25, 0.3) is 0 Å². The first kappa shape index (κ1) is 14.8. The number of hydrogen-bond donors (Lipinski definition) is 1. The Bertz CT molecular complexity index is 614. The van der Waals surface area contributed by atoms with Crippen LogP contribution in [-0.4, -0.2) is 11.0 Å². The van der Waals surface area contributed by atoms with Gasteiger partial charge in [0.15, 0.2) is 0 Å². The molecule has 5 heteroatoms. The molecule has 0 unspecified atom stereocenters. The summed E-state index contributed by atoms with van der Waals surface area (Å²) in [5.74, 6) is 0.606. The van der Waals surface area contributed by atoms with Gasteiger partial charge in [0, 0.05) is 29.3 Å². The maximum absolute atomic E-state index is 6.17. The minimum absolute atomic E-state index is 0.497. The second kappa shape index (κ2) is 6.77. The summed E-state index contributed by atoms with van der Waals surface area (Å²) in [6.07, 6.45) is 4.17. The van der Waals surface area contributed by atoms with Gasteiger partial charge in [-0.2, -0.15) is 0 Å². The van der Waals surface area contributed by atoms with Gasteiger partial charge in [0.2, 0.25) is 5.88 Å². The van der Waals surface area contributed by atoms with E-state index in [1.165, 1.54) is 12.8 Å². The van der Waals surface area contributed by atoms with Crippen molar-refractivity contribution in [1.29, 1.82) is 0 Å². The van der Waals surface area contributed by atoms with Crippen LogP contribution in [0.15, 0.2) is 41.0 Å². The SMILES string of the molecule is Clc1cnc(OCc2ccc(Br)cc2)cc1CNC1CC1. The van der Waals surface area contributed by atoms with Gasteiger partial charge in [-0.3, -0.25) is 0 Å². The highest BCUT2D eigenvalue weighted by molar-refractivity contribution is 9.10. The number of halogens is 2. The second-order valence-electron chi connectivity index (χ2n) is 5.18. The van der Waals surface area contributed by atoms with E-state index in [1.54, 1.807) is 6.20 Å². The van der Waals surface area contributed by atoms with Crippen molar-refractivity contribution in [3.05, 3.63) is 57.2 Å². The summed E-state index contributed by atoms with van der Waals surface area (Å²) in [7, 11) is 0. The zero-order valence-electron chi connectivity index (χ0n) is 11.5. The van der Waals surface area contributed by atoms with Gasteiger partial charge in [-0.15, -0.1) is 0 Å². The van der Waals surface area contributed by atoms with E-state index >= 15 is 0 Å². The van der Waals surface area contributed by atoms with Gasteiger partial charge in [-0.1, -0.05) is 39.7 Å². The van der Waals surface area contributed by atoms with Crippen molar-refractivity contribution in [2.24, 2.45) is 0 Å². The Balaban J connectivity index is 1.61. The van der Waals surface area contributed by atoms with E-state index in [1.807, 2.05) is 30.3 Å². The van der Waals surface area contributed by atoms with Gasteiger partial charge in [-0.25, -0.2) is 4.98 Å². The van der Waals surface area contributed by atoms with Crippen molar-refractivity contribution in [2.45, 2.75) is 32.0 Å². The average Bonchev–Trinajstić information content (AvgIpc) is 3.31. The quantitative estimate of drug-likeness (QED) is 0.825.